The minimum absolute atomic E-state index is 0.194. The lowest BCUT2D eigenvalue weighted by molar-refractivity contribution is -0.128. The predicted molar refractivity (Wildman–Crippen MR) is 94.7 cm³/mol. The maximum Gasteiger partial charge on any atom is 0.416 e. The van der Waals surface area contributed by atoms with Gasteiger partial charge in [-0.25, -0.2) is 9.69 Å². The second-order valence-corrected chi connectivity index (χ2v) is 6.85. The van der Waals surface area contributed by atoms with Gasteiger partial charge in [0.1, 0.15) is 6.61 Å². The molecule has 1 aliphatic rings. The molecule has 1 fully saturated rings. The van der Waals surface area contributed by atoms with E-state index in [0.29, 0.717) is 6.42 Å². The standard InChI is InChI=1S/C19H18BrNO3/c1-13-9-16(20)8-7-15(13)11-18(22)21-17(12-24-19(21)23)10-14-5-3-2-4-6-14/h2-9,17H,10-12H2,1H3. The summed E-state index contributed by atoms with van der Waals surface area (Å²) in [6.45, 7) is 2.20. The molecule has 1 unspecified atom stereocenters. The van der Waals surface area contributed by atoms with Crippen LogP contribution < -0.4 is 0 Å². The lowest BCUT2D eigenvalue weighted by Gasteiger charge is -2.20. The summed E-state index contributed by atoms with van der Waals surface area (Å²) < 4.78 is 6.09. The van der Waals surface area contributed by atoms with Crippen molar-refractivity contribution in [3.05, 3.63) is 69.7 Å². The van der Waals surface area contributed by atoms with E-state index in [1.807, 2.05) is 55.5 Å². The Kier molecular flexibility index (Phi) is 5.00. The Labute approximate surface area is 149 Å². The maximum absolute atomic E-state index is 12.7. The Morgan fingerprint density at radius 3 is 2.71 bits per heavy atom. The SMILES string of the molecule is Cc1cc(Br)ccc1CC(=O)N1C(=O)OCC1Cc1ccccc1. The van der Waals surface area contributed by atoms with Gasteiger partial charge >= 0.3 is 6.09 Å². The molecule has 5 heteroatoms. The van der Waals surface area contributed by atoms with E-state index in [2.05, 4.69) is 15.9 Å². The van der Waals surface area contributed by atoms with Crippen LogP contribution in [0.5, 0.6) is 0 Å². The number of amides is 2. The van der Waals surface area contributed by atoms with Crippen molar-refractivity contribution in [2.24, 2.45) is 0 Å². The van der Waals surface area contributed by atoms with Gasteiger partial charge in [0.2, 0.25) is 5.91 Å². The molecule has 0 bridgehead atoms. The number of benzene rings is 2. The summed E-state index contributed by atoms with van der Waals surface area (Å²) in [5.41, 5.74) is 3.02. The quantitative estimate of drug-likeness (QED) is 0.799. The van der Waals surface area contributed by atoms with E-state index in [9.17, 15) is 9.59 Å². The van der Waals surface area contributed by atoms with E-state index in [0.717, 1.165) is 21.2 Å². The number of imide groups is 1. The van der Waals surface area contributed by atoms with Gasteiger partial charge in [-0.15, -0.1) is 0 Å². The van der Waals surface area contributed by atoms with Crippen LogP contribution in [0.1, 0.15) is 16.7 Å². The van der Waals surface area contributed by atoms with Crippen LogP contribution in [0.2, 0.25) is 0 Å². The zero-order chi connectivity index (χ0) is 17.1. The summed E-state index contributed by atoms with van der Waals surface area (Å²) in [4.78, 5) is 26.0. The van der Waals surface area contributed by atoms with Gasteiger partial charge in [0.15, 0.2) is 0 Å². The minimum Gasteiger partial charge on any atom is -0.447 e. The van der Waals surface area contributed by atoms with E-state index < -0.39 is 6.09 Å². The van der Waals surface area contributed by atoms with Crippen LogP contribution in [0, 0.1) is 6.92 Å². The fraction of sp³-hybridized carbons (Fsp3) is 0.263. The highest BCUT2D eigenvalue weighted by Crippen LogP contribution is 2.21. The number of hydrogen-bond donors (Lipinski definition) is 0. The number of hydrogen-bond acceptors (Lipinski definition) is 3. The number of nitrogens with zero attached hydrogens (tertiary/aromatic N) is 1. The summed E-state index contributed by atoms with van der Waals surface area (Å²) in [5, 5.41) is 0. The van der Waals surface area contributed by atoms with E-state index in [-0.39, 0.29) is 25.0 Å². The van der Waals surface area contributed by atoms with Crippen molar-refractivity contribution in [2.45, 2.75) is 25.8 Å². The highest BCUT2D eigenvalue weighted by atomic mass is 79.9. The topological polar surface area (TPSA) is 46.6 Å². The first-order valence-corrected chi connectivity index (χ1v) is 8.61. The van der Waals surface area contributed by atoms with Crippen molar-refractivity contribution in [3.8, 4) is 0 Å². The van der Waals surface area contributed by atoms with E-state index in [1.54, 1.807) is 0 Å². The summed E-state index contributed by atoms with van der Waals surface area (Å²) >= 11 is 3.42. The third-order valence-corrected chi connectivity index (χ3v) is 4.68. The molecule has 2 aromatic carbocycles. The summed E-state index contributed by atoms with van der Waals surface area (Å²) in [5.74, 6) is -0.219. The summed E-state index contributed by atoms with van der Waals surface area (Å²) in [6.07, 6.45) is 0.257. The lowest BCUT2D eigenvalue weighted by Crippen LogP contribution is -2.41. The molecule has 1 aliphatic heterocycles. The second-order valence-electron chi connectivity index (χ2n) is 5.93. The molecule has 0 spiro atoms. The molecule has 2 amide bonds. The van der Waals surface area contributed by atoms with Crippen molar-refractivity contribution >= 4 is 27.9 Å². The van der Waals surface area contributed by atoms with Gasteiger partial charge in [-0.3, -0.25) is 4.79 Å². The number of aryl methyl sites for hydroxylation is 1. The van der Waals surface area contributed by atoms with Crippen LogP contribution in [-0.2, 0) is 22.4 Å². The van der Waals surface area contributed by atoms with Gasteiger partial charge in [-0.05, 0) is 42.2 Å². The monoisotopic (exact) mass is 387 g/mol. The number of rotatable bonds is 4. The maximum atomic E-state index is 12.7. The second kappa shape index (κ2) is 7.18. The van der Waals surface area contributed by atoms with E-state index in [4.69, 9.17) is 4.74 Å². The number of carbonyl (C=O) groups excluding carboxylic acids is 2. The molecule has 0 aliphatic carbocycles. The van der Waals surface area contributed by atoms with Gasteiger partial charge in [-0.1, -0.05) is 52.3 Å². The van der Waals surface area contributed by atoms with Crippen molar-refractivity contribution in [2.75, 3.05) is 6.61 Å². The molecule has 0 N–H and O–H groups in total. The smallest absolute Gasteiger partial charge is 0.416 e. The largest absolute Gasteiger partial charge is 0.447 e. The molecule has 4 nitrogen and oxygen atoms in total. The molecule has 1 atom stereocenters. The molecule has 0 radical (unpaired) electrons. The van der Waals surface area contributed by atoms with Gasteiger partial charge < -0.3 is 4.74 Å². The summed E-state index contributed by atoms with van der Waals surface area (Å²) in [7, 11) is 0. The van der Waals surface area contributed by atoms with Crippen LogP contribution >= 0.6 is 15.9 Å². The average Bonchev–Trinajstić information content (AvgIpc) is 2.91. The number of halogens is 1. The van der Waals surface area contributed by atoms with Gasteiger partial charge in [0.05, 0.1) is 12.5 Å². The fourth-order valence-corrected chi connectivity index (χ4v) is 3.38. The molecule has 1 heterocycles. The molecule has 1 saturated heterocycles. The Morgan fingerprint density at radius 1 is 1.25 bits per heavy atom. The van der Waals surface area contributed by atoms with Crippen molar-refractivity contribution in [1.29, 1.82) is 0 Å². The normalized spacial score (nSPS) is 17.0. The number of cyclic esters (lactones) is 1. The first-order valence-electron chi connectivity index (χ1n) is 7.82. The molecule has 3 rings (SSSR count). The highest BCUT2D eigenvalue weighted by molar-refractivity contribution is 9.10. The Bertz CT molecular complexity index is 760. The van der Waals surface area contributed by atoms with E-state index >= 15 is 0 Å². The Hall–Kier alpha value is -2.14. The Balaban J connectivity index is 1.75. The van der Waals surface area contributed by atoms with Crippen LogP contribution in [0.15, 0.2) is 53.0 Å². The van der Waals surface area contributed by atoms with Gasteiger partial charge in [0.25, 0.3) is 0 Å². The van der Waals surface area contributed by atoms with Crippen LogP contribution in [0.4, 0.5) is 4.79 Å². The third-order valence-electron chi connectivity index (χ3n) is 4.19. The average molecular weight is 388 g/mol. The molecule has 124 valence electrons. The van der Waals surface area contributed by atoms with Crippen molar-refractivity contribution < 1.29 is 14.3 Å². The zero-order valence-corrected chi connectivity index (χ0v) is 15.0. The Morgan fingerprint density at radius 2 is 2.00 bits per heavy atom. The first kappa shape index (κ1) is 16.7. The number of carbonyl (C=O) groups is 2. The summed E-state index contributed by atoms with van der Waals surface area (Å²) in [6, 6.07) is 15.3. The third kappa shape index (κ3) is 3.67. The molecule has 24 heavy (non-hydrogen) atoms. The van der Waals surface area contributed by atoms with Crippen LogP contribution in [0.3, 0.4) is 0 Å². The van der Waals surface area contributed by atoms with Crippen molar-refractivity contribution in [3.63, 3.8) is 0 Å². The van der Waals surface area contributed by atoms with Gasteiger partial charge in [0, 0.05) is 4.47 Å². The minimum atomic E-state index is -0.546. The van der Waals surface area contributed by atoms with Gasteiger partial charge in [-0.2, -0.15) is 0 Å². The molecule has 2 aromatic rings. The fourth-order valence-electron chi connectivity index (χ4n) is 2.91. The molecule has 0 saturated carbocycles. The lowest BCUT2D eigenvalue weighted by atomic mass is 10.0. The zero-order valence-electron chi connectivity index (χ0n) is 13.4. The first-order chi connectivity index (χ1) is 11.5. The molecular weight excluding hydrogens is 370 g/mol. The highest BCUT2D eigenvalue weighted by Gasteiger charge is 2.37. The number of ether oxygens (including phenoxy) is 1. The molecule has 0 aromatic heterocycles. The molecular formula is C19H18BrNO3. The van der Waals surface area contributed by atoms with Crippen LogP contribution in [-0.4, -0.2) is 29.5 Å². The van der Waals surface area contributed by atoms with Crippen molar-refractivity contribution in [1.82, 2.24) is 4.90 Å². The predicted octanol–water partition coefficient (Wildman–Crippen LogP) is 3.89. The van der Waals surface area contributed by atoms with E-state index in [1.165, 1.54) is 4.90 Å². The van der Waals surface area contributed by atoms with Crippen LogP contribution in [0.25, 0.3) is 0 Å².